The standard InChI is InChI=1S/C19H33N3O2/c1-2-20-18(22-14-12-19(15-22)10-6-11-19)21-13-5-9-17(23)24-16-7-3-4-8-16/h16H,2-15H2,1H3,(H,20,21). The fourth-order valence-electron chi connectivity index (χ4n) is 4.29. The lowest BCUT2D eigenvalue weighted by molar-refractivity contribution is -0.148. The van der Waals surface area contributed by atoms with Crippen LogP contribution in [0.1, 0.15) is 71.1 Å². The summed E-state index contributed by atoms with van der Waals surface area (Å²) >= 11 is 0. The van der Waals surface area contributed by atoms with Gasteiger partial charge in [-0.2, -0.15) is 0 Å². The van der Waals surface area contributed by atoms with Crippen molar-refractivity contribution in [3.05, 3.63) is 0 Å². The van der Waals surface area contributed by atoms with E-state index in [1.165, 1.54) is 38.5 Å². The second kappa shape index (κ2) is 8.21. The summed E-state index contributed by atoms with van der Waals surface area (Å²) in [5.74, 6) is 0.988. The second-order valence-electron chi connectivity index (χ2n) is 7.76. The SMILES string of the molecule is CCNC(=NCCCC(=O)OC1CCCC1)N1CCC2(CCC2)C1. The number of rotatable bonds is 6. The van der Waals surface area contributed by atoms with Gasteiger partial charge in [0, 0.05) is 32.6 Å². The Bertz CT molecular complexity index is 454. The fourth-order valence-corrected chi connectivity index (χ4v) is 4.29. The smallest absolute Gasteiger partial charge is 0.306 e. The van der Waals surface area contributed by atoms with Crippen LogP contribution >= 0.6 is 0 Å². The van der Waals surface area contributed by atoms with Gasteiger partial charge in [-0.25, -0.2) is 0 Å². The average molecular weight is 335 g/mol. The minimum Gasteiger partial charge on any atom is -0.462 e. The molecular weight excluding hydrogens is 302 g/mol. The molecule has 24 heavy (non-hydrogen) atoms. The number of ether oxygens (including phenoxy) is 1. The molecule has 2 aliphatic carbocycles. The first-order chi connectivity index (χ1) is 11.7. The van der Waals surface area contributed by atoms with Gasteiger partial charge in [-0.1, -0.05) is 6.42 Å². The number of hydrogen-bond acceptors (Lipinski definition) is 3. The predicted molar refractivity (Wildman–Crippen MR) is 96.0 cm³/mol. The predicted octanol–water partition coefficient (Wildman–Crippen LogP) is 3.09. The highest BCUT2D eigenvalue weighted by Gasteiger charge is 2.43. The lowest BCUT2D eigenvalue weighted by atomic mass is 9.68. The second-order valence-corrected chi connectivity index (χ2v) is 7.76. The molecule has 0 aromatic carbocycles. The molecule has 0 atom stereocenters. The third kappa shape index (κ3) is 4.42. The molecule has 5 nitrogen and oxygen atoms in total. The molecule has 2 saturated carbocycles. The van der Waals surface area contributed by atoms with Crippen LogP contribution in [0.2, 0.25) is 0 Å². The van der Waals surface area contributed by atoms with Gasteiger partial charge >= 0.3 is 5.97 Å². The zero-order chi connectivity index (χ0) is 16.8. The van der Waals surface area contributed by atoms with E-state index in [4.69, 9.17) is 9.73 Å². The van der Waals surface area contributed by atoms with Crippen LogP contribution in [0.3, 0.4) is 0 Å². The van der Waals surface area contributed by atoms with Crippen molar-refractivity contribution in [1.82, 2.24) is 10.2 Å². The van der Waals surface area contributed by atoms with E-state index in [-0.39, 0.29) is 12.1 Å². The molecule has 1 saturated heterocycles. The Labute approximate surface area is 146 Å². The minimum absolute atomic E-state index is 0.0447. The molecule has 0 amide bonds. The summed E-state index contributed by atoms with van der Waals surface area (Å²) in [6.45, 7) is 5.99. The molecule has 0 bridgehead atoms. The number of nitrogens with one attached hydrogen (secondary N) is 1. The Kier molecular flexibility index (Phi) is 6.01. The van der Waals surface area contributed by atoms with Crippen molar-refractivity contribution in [1.29, 1.82) is 0 Å². The number of carbonyl (C=O) groups is 1. The van der Waals surface area contributed by atoms with Crippen LogP contribution in [-0.4, -0.2) is 49.1 Å². The van der Waals surface area contributed by atoms with E-state index in [0.717, 1.165) is 44.9 Å². The van der Waals surface area contributed by atoms with Crippen LogP contribution < -0.4 is 5.32 Å². The van der Waals surface area contributed by atoms with E-state index >= 15 is 0 Å². The maximum atomic E-state index is 11.9. The first-order valence-corrected chi connectivity index (χ1v) is 9.93. The highest BCUT2D eigenvalue weighted by Crippen LogP contribution is 2.47. The van der Waals surface area contributed by atoms with E-state index in [2.05, 4.69) is 17.1 Å². The first kappa shape index (κ1) is 17.6. The molecule has 3 fully saturated rings. The van der Waals surface area contributed by atoms with Crippen LogP contribution in [0, 0.1) is 5.41 Å². The largest absolute Gasteiger partial charge is 0.462 e. The fraction of sp³-hybridized carbons (Fsp3) is 0.895. The van der Waals surface area contributed by atoms with E-state index in [9.17, 15) is 4.79 Å². The van der Waals surface area contributed by atoms with Gasteiger partial charge < -0.3 is 15.0 Å². The number of hydrogen-bond donors (Lipinski definition) is 1. The van der Waals surface area contributed by atoms with Gasteiger partial charge in [0.2, 0.25) is 0 Å². The van der Waals surface area contributed by atoms with E-state index in [1.54, 1.807) is 0 Å². The molecule has 5 heteroatoms. The van der Waals surface area contributed by atoms with Crippen molar-refractivity contribution in [2.75, 3.05) is 26.2 Å². The molecule has 3 aliphatic rings. The monoisotopic (exact) mass is 335 g/mol. The molecule has 1 aliphatic heterocycles. The summed E-state index contributed by atoms with van der Waals surface area (Å²) in [5, 5.41) is 3.42. The number of guanidine groups is 1. The number of carbonyl (C=O) groups excluding carboxylic acids is 1. The number of likely N-dealkylation sites (tertiary alicyclic amines) is 1. The van der Waals surface area contributed by atoms with Gasteiger partial charge in [-0.05, 0) is 63.7 Å². The van der Waals surface area contributed by atoms with Crippen LogP contribution in [0.5, 0.6) is 0 Å². The molecular formula is C19H33N3O2. The lowest BCUT2D eigenvalue weighted by Crippen LogP contribution is -2.42. The van der Waals surface area contributed by atoms with Crippen molar-refractivity contribution in [2.45, 2.75) is 77.2 Å². The maximum Gasteiger partial charge on any atom is 0.306 e. The highest BCUT2D eigenvalue weighted by molar-refractivity contribution is 5.80. The first-order valence-electron chi connectivity index (χ1n) is 9.93. The van der Waals surface area contributed by atoms with Crippen LogP contribution in [0.4, 0.5) is 0 Å². The molecule has 0 unspecified atom stereocenters. The normalized spacial score (nSPS) is 23.5. The van der Waals surface area contributed by atoms with Crippen molar-refractivity contribution in [3.8, 4) is 0 Å². The summed E-state index contributed by atoms with van der Waals surface area (Å²) in [5.41, 5.74) is 0.585. The van der Waals surface area contributed by atoms with Crippen LogP contribution in [-0.2, 0) is 9.53 Å². The highest BCUT2D eigenvalue weighted by atomic mass is 16.5. The number of nitrogens with zero attached hydrogens (tertiary/aromatic N) is 2. The van der Waals surface area contributed by atoms with Crippen LogP contribution in [0.25, 0.3) is 0 Å². The van der Waals surface area contributed by atoms with E-state index < -0.39 is 0 Å². The summed E-state index contributed by atoms with van der Waals surface area (Å²) in [7, 11) is 0. The average Bonchev–Trinajstić information content (AvgIpc) is 3.19. The van der Waals surface area contributed by atoms with Gasteiger partial charge in [0.25, 0.3) is 0 Å². The Balaban J connectivity index is 1.39. The molecule has 3 rings (SSSR count). The van der Waals surface area contributed by atoms with Crippen molar-refractivity contribution >= 4 is 11.9 Å². The summed E-state index contributed by atoms with van der Waals surface area (Å²) in [4.78, 5) is 19.0. The van der Waals surface area contributed by atoms with Crippen molar-refractivity contribution in [2.24, 2.45) is 10.4 Å². The van der Waals surface area contributed by atoms with Gasteiger partial charge in [0.05, 0.1) is 0 Å². The molecule has 136 valence electrons. The third-order valence-electron chi connectivity index (χ3n) is 5.89. The maximum absolute atomic E-state index is 11.9. The lowest BCUT2D eigenvalue weighted by Gasteiger charge is -2.38. The zero-order valence-electron chi connectivity index (χ0n) is 15.2. The van der Waals surface area contributed by atoms with E-state index in [0.29, 0.717) is 18.4 Å². The Morgan fingerprint density at radius 1 is 1.25 bits per heavy atom. The topological polar surface area (TPSA) is 53.9 Å². The summed E-state index contributed by atoms with van der Waals surface area (Å²) < 4.78 is 5.50. The molecule has 1 heterocycles. The zero-order valence-corrected chi connectivity index (χ0v) is 15.2. The van der Waals surface area contributed by atoms with Gasteiger partial charge in [0.15, 0.2) is 5.96 Å². The molecule has 0 radical (unpaired) electrons. The summed E-state index contributed by atoms with van der Waals surface area (Å²) in [6.07, 6.45) is 11.4. The van der Waals surface area contributed by atoms with Gasteiger partial charge in [0.1, 0.15) is 6.10 Å². The van der Waals surface area contributed by atoms with Crippen molar-refractivity contribution < 1.29 is 9.53 Å². The molecule has 1 N–H and O–H groups in total. The Hall–Kier alpha value is -1.26. The summed E-state index contributed by atoms with van der Waals surface area (Å²) in [6, 6.07) is 0. The van der Waals surface area contributed by atoms with Crippen molar-refractivity contribution in [3.63, 3.8) is 0 Å². The number of aliphatic imine (C=N–C) groups is 1. The van der Waals surface area contributed by atoms with Gasteiger partial charge in [-0.3, -0.25) is 9.79 Å². The Morgan fingerprint density at radius 3 is 2.67 bits per heavy atom. The van der Waals surface area contributed by atoms with E-state index in [1.807, 2.05) is 0 Å². The minimum atomic E-state index is -0.0447. The molecule has 1 spiro atoms. The van der Waals surface area contributed by atoms with Crippen LogP contribution in [0.15, 0.2) is 4.99 Å². The molecule has 0 aromatic heterocycles. The number of esters is 1. The quantitative estimate of drug-likeness (QED) is 0.351. The van der Waals surface area contributed by atoms with Gasteiger partial charge in [-0.15, -0.1) is 0 Å². The third-order valence-corrected chi connectivity index (χ3v) is 5.89. The Morgan fingerprint density at radius 2 is 2.04 bits per heavy atom. The molecule has 0 aromatic rings.